The van der Waals surface area contributed by atoms with Crippen molar-refractivity contribution in [2.24, 2.45) is 0 Å². The van der Waals surface area contributed by atoms with Gasteiger partial charge in [-0.3, -0.25) is 4.79 Å². The highest BCUT2D eigenvalue weighted by molar-refractivity contribution is 6.31. The highest BCUT2D eigenvalue weighted by Crippen LogP contribution is 2.29. The average molecular weight is 313 g/mol. The van der Waals surface area contributed by atoms with E-state index in [1.54, 1.807) is 36.5 Å². The van der Waals surface area contributed by atoms with E-state index in [2.05, 4.69) is 10.3 Å². The fourth-order valence-corrected chi connectivity index (χ4v) is 2.27. The zero-order chi connectivity index (χ0) is 15.5. The maximum atomic E-state index is 12.1. The molecule has 0 saturated carbocycles. The van der Waals surface area contributed by atoms with Crippen LogP contribution in [0.25, 0.3) is 11.3 Å². The molecule has 0 spiro atoms. The van der Waals surface area contributed by atoms with E-state index in [0.717, 1.165) is 11.1 Å². The van der Waals surface area contributed by atoms with Gasteiger partial charge in [-0.15, -0.1) is 0 Å². The van der Waals surface area contributed by atoms with Gasteiger partial charge in [-0.25, -0.2) is 4.98 Å². The molecular formula is C17H13ClN2O2. The number of hydrogen-bond acceptors (Lipinski definition) is 3. The van der Waals surface area contributed by atoms with Crippen LogP contribution in [0.3, 0.4) is 0 Å². The number of carbonyl (C=O) groups excluding carboxylic acids is 1. The standard InChI is InChI=1S/C17H13ClN2O2/c1-11-12(5-4-6-13(11)18)14-8-9-15(22-14)17(21)20-16-7-2-3-10-19-16/h2-10H,1H3,(H,19,20,21). The summed E-state index contributed by atoms with van der Waals surface area (Å²) in [5, 5.41) is 3.34. The molecule has 0 aliphatic rings. The smallest absolute Gasteiger partial charge is 0.292 e. The number of benzene rings is 1. The molecule has 5 heteroatoms. The fourth-order valence-electron chi connectivity index (χ4n) is 2.09. The second-order valence-electron chi connectivity index (χ2n) is 4.75. The number of anilines is 1. The number of halogens is 1. The molecule has 4 nitrogen and oxygen atoms in total. The molecule has 0 aliphatic heterocycles. The Morgan fingerprint density at radius 2 is 2.00 bits per heavy atom. The maximum Gasteiger partial charge on any atom is 0.292 e. The molecule has 0 aliphatic carbocycles. The molecule has 1 N–H and O–H groups in total. The van der Waals surface area contributed by atoms with Crippen molar-refractivity contribution in [3.05, 3.63) is 71.1 Å². The normalized spacial score (nSPS) is 10.5. The Kier molecular flexibility index (Phi) is 3.94. The summed E-state index contributed by atoms with van der Waals surface area (Å²) in [6.07, 6.45) is 1.61. The molecule has 22 heavy (non-hydrogen) atoms. The van der Waals surface area contributed by atoms with Gasteiger partial charge in [-0.2, -0.15) is 0 Å². The third kappa shape index (κ3) is 2.87. The molecule has 1 amide bonds. The Labute approximate surface area is 132 Å². The lowest BCUT2D eigenvalue weighted by atomic mass is 10.1. The molecule has 0 bridgehead atoms. The molecule has 2 aromatic heterocycles. The minimum atomic E-state index is -0.343. The van der Waals surface area contributed by atoms with Gasteiger partial charge in [0.25, 0.3) is 5.91 Å². The van der Waals surface area contributed by atoms with E-state index in [4.69, 9.17) is 16.0 Å². The number of furan rings is 1. The third-order valence-electron chi connectivity index (χ3n) is 3.27. The molecular weight excluding hydrogens is 300 g/mol. The second kappa shape index (κ2) is 6.03. The molecule has 0 radical (unpaired) electrons. The third-order valence-corrected chi connectivity index (χ3v) is 3.68. The Morgan fingerprint density at radius 3 is 2.77 bits per heavy atom. The van der Waals surface area contributed by atoms with Crippen LogP contribution in [0.5, 0.6) is 0 Å². The predicted octanol–water partition coefficient (Wildman–Crippen LogP) is 4.56. The molecule has 0 unspecified atom stereocenters. The zero-order valence-electron chi connectivity index (χ0n) is 11.8. The van der Waals surface area contributed by atoms with Crippen LogP contribution in [0, 0.1) is 6.92 Å². The zero-order valence-corrected chi connectivity index (χ0v) is 12.6. The van der Waals surface area contributed by atoms with E-state index >= 15 is 0 Å². The van der Waals surface area contributed by atoms with Crippen molar-refractivity contribution in [2.45, 2.75) is 6.92 Å². The van der Waals surface area contributed by atoms with Crippen LogP contribution in [-0.2, 0) is 0 Å². The monoisotopic (exact) mass is 312 g/mol. The van der Waals surface area contributed by atoms with Gasteiger partial charge < -0.3 is 9.73 Å². The van der Waals surface area contributed by atoms with Crippen LogP contribution in [-0.4, -0.2) is 10.9 Å². The topological polar surface area (TPSA) is 55.1 Å². The van der Waals surface area contributed by atoms with Gasteiger partial charge in [-0.05, 0) is 42.8 Å². The first kappa shape index (κ1) is 14.4. The summed E-state index contributed by atoms with van der Waals surface area (Å²) in [6.45, 7) is 1.91. The van der Waals surface area contributed by atoms with Gasteiger partial charge in [0.2, 0.25) is 0 Å². The number of nitrogens with zero attached hydrogens (tertiary/aromatic N) is 1. The summed E-state index contributed by atoms with van der Waals surface area (Å²) in [5.41, 5.74) is 1.78. The van der Waals surface area contributed by atoms with Gasteiger partial charge >= 0.3 is 0 Å². The Bertz CT molecular complexity index is 813. The van der Waals surface area contributed by atoms with Crippen LogP contribution in [0.4, 0.5) is 5.82 Å². The van der Waals surface area contributed by atoms with Crippen LogP contribution < -0.4 is 5.32 Å². The summed E-state index contributed by atoms with van der Waals surface area (Å²) >= 11 is 6.11. The quantitative estimate of drug-likeness (QED) is 0.771. The van der Waals surface area contributed by atoms with Gasteiger partial charge in [0.1, 0.15) is 11.6 Å². The van der Waals surface area contributed by atoms with E-state index in [1.165, 1.54) is 0 Å². The van der Waals surface area contributed by atoms with Crippen molar-refractivity contribution in [3.63, 3.8) is 0 Å². The van der Waals surface area contributed by atoms with Crippen molar-refractivity contribution >= 4 is 23.3 Å². The first-order valence-electron chi connectivity index (χ1n) is 6.73. The largest absolute Gasteiger partial charge is 0.451 e. The van der Waals surface area contributed by atoms with E-state index < -0.39 is 0 Å². The van der Waals surface area contributed by atoms with E-state index in [-0.39, 0.29) is 11.7 Å². The van der Waals surface area contributed by atoms with E-state index in [0.29, 0.717) is 16.6 Å². The lowest BCUT2D eigenvalue weighted by molar-refractivity contribution is 0.0997. The number of carbonyl (C=O) groups is 1. The van der Waals surface area contributed by atoms with Crippen molar-refractivity contribution in [1.29, 1.82) is 0 Å². The molecule has 3 rings (SSSR count). The van der Waals surface area contributed by atoms with Crippen molar-refractivity contribution in [3.8, 4) is 11.3 Å². The molecule has 2 heterocycles. The van der Waals surface area contributed by atoms with Crippen LogP contribution in [0.1, 0.15) is 16.1 Å². The SMILES string of the molecule is Cc1c(Cl)cccc1-c1ccc(C(=O)Nc2ccccn2)o1. The molecule has 110 valence electrons. The summed E-state index contributed by atoms with van der Waals surface area (Å²) in [5.74, 6) is 0.959. The summed E-state index contributed by atoms with van der Waals surface area (Å²) in [4.78, 5) is 16.2. The minimum Gasteiger partial charge on any atom is -0.451 e. The van der Waals surface area contributed by atoms with Crippen molar-refractivity contribution < 1.29 is 9.21 Å². The number of aromatic nitrogens is 1. The lowest BCUT2D eigenvalue weighted by Gasteiger charge is -2.04. The second-order valence-corrected chi connectivity index (χ2v) is 5.15. The number of pyridine rings is 1. The van der Waals surface area contributed by atoms with Crippen molar-refractivity contribution in [1.82, 2.24) is 4.98 Å². The van der Waals surface area contributed by atoms with Gasteiger partial charge in [0, 0.05) is 16.8 Å². The number of hydrogen-bond donors (Lipinski definition) is 1. The van der Waals surface area contributed by atoms with Crippen LogP contribution >= 0.6 is 11.6 Å². The summed E-state index contributed by atoms with van der Waals surface area (Å²) < 4.78 is 5.64. The highest BCUT2D eigenvalue weighted by atomic mass is 35.5. The first-order chi connectivity index (χ1) is 10.6. The molecule has 1 aromatic carbocycles. The molecule has 0 atom stereocenters. The minimum absolute atomic E-state index is 0.222. The Balaban J connectivity index is 1.85. The molecule has 0 fully saturated rings. The first-order valence-corrected chi connectivity index (χ1v) is 7.10. The lowest BCUT2D eigenvalue weighted by Crippen LogP contribution is -2.11. The number of amides is 1. The molecule has 3 aromatic rings. The fraction of sp³-hybridized carbons (Fsp3) is 0.0588. The van der Waals surface area contributed by atoms with Gasteiger partial charge in [0.05, 0.1) is 0 Å². The summed E-state index contributed by atoms with van der Waals surface area (Å²) in [7, 11) is 0. The highest BCUT2D eigenvalue weighted by Gasteiger charge is 2.14. The van der Waals surface area contributed by atoms with Crippen molar-refractivity contribution in [2.75, 3.05) is 5.32 Å². The summed E-state index contributed by atoms with van der Waals surface area (Å²) in [6, 6.07) is 14.2. The van der Waals surface area contributed by atoms with Gasteiger partial charge in [-0.1, -0.05) is 29.8 Å². The van der Waals surface area contributed by atoms with Gasteiger partial charge in [0.15, 0.2) is 5.76 Å². The molecule has 0 saturated heterocycles. The van der Waals surface area contributed by atoms with Crippen LogP contribution in [0.15, 0.2) is 59.1 Å². The van der Waals surface area contributed by atoms with E-state index in [1.807, 2.05) is 25.1 Å². The van der Waals surface area contributed by atoms with Crippen LogP contribution in [0.2, 0.25) is 5.02 Å². The number of nitrogens with one attached hydrogen (secondary N) is 1. The van der Waals surface area contributed by atoms with E-state index in [9.17, 15) is 4.79 Å². The predicted molar refractivity (Wildman–Crippen MR) is 86.1 cm³/mol. The Hall–Kier alpha value is -2.59. The Morgan fingerprint density at radius 1 is 1.14 bits per heavy atom. The average Bonchev–Trinajstić information content (AvgIpc) is 3.01. The maximum absolute atomic E-state index is 12.1. The number of rotatable bonds is 3.